The van der Waals surface area contributed by atoms with Crippen LogP contribution in [0.1, 0.15) is 30.0 Å². The van der Waals surface area contributed by atoms with Crippen LogP contribution in [0.3, 0.4) is 0 Å². The van der Waals surface area contributed by atoms with E-state index >= 15 is 0 Å². The van der Waals surface area contributed by atoms with Crippen LogP contribution in [0.15, 0.2) is 36.0 Å². The Labute approximate surface area is 163 Å². The van der Waals surface area contributed by atoms with Gasteiger partial charge in [0.15, 0.2) is 5.13 Å². The van der Waals surface area contributed by atoms with Gasteiger partial charge in [-0.25, -0.2) is 9.97 Å². The van der Waals surface area contributed by atoms with Gasteiger partial charge in [-0.15, -0.1) is 11.3 Å². The molecule has 8 heteroatoms. The minimum Gasteiger partial charge on any atom is -0.369 e. The van der Waals surface area contributed by atoms with Crippen molar-refractivity contribution in [2.45, 2.75) is 33.0 Å². The molecule has 0 bridgehead atoms. The molecule has 1 fully saturated rings. The monoisotopic (exact) mass is 384 g/mol. The number of ether oxygens (including phenoxy) is 1. The molecule has 4 rings (SSSR count). The summed E-state index contributed by atoms with van der Waals surface area (Å²) in [7, 11) is 0. The zero-order valence-electron chi connectivity index (χ0n) is 15.6. The van der Waals surface area contributed by atoms with E-state index in [1.54, 1.807) is 11.3 Å². The van der Waals surface area contributed by atoms with E-state index in [-0.39, 0.29) is 6.10 Å². The molecule has 0 radical (unpaired) electrons. The number of nitrogens with zero attached hydrogens (tertiary/aromatic N) is 5. The molecule has 1 saturated heterocycles. The van der Waals surface area contributed by atoms with Crippen LogP contribution in [-0.2, 0) is 17.8 Å². The van der Waals surface area contributed by atoms with E-state index in [0.717, 1.165) is 48.5 Å². The first kappa shape index (κ1) is 18.1. The van der Waals surface area contributed by atoms with E-state index in [1.165, 1.54) is 5.56 Å². The van der Waals surface area contributed by atoms with Gasteiger partial charge in [-0.1, -0.05) is 6.07 Å². The Balaban J connectivity index is 1.42. The number of morpholine rings is 1. The summed E-state index contributed by atoms with van der Waals surface area (Å²) in [6.07, 6.45) is 4.04. The maximum atomic E-state index is 6.00. The van der Waals surface area contributed by atoms with Gasteiger partial charge in [0.05, 0.1) is 24.2 Å². The summed E-state index contributed by atoms with van der Waals surface area (Å²) in [5.74, 6) is 0.798. The van der Waals surface area contributed by atoms with Gasteiger partial charge in [0.2, 0.25) is 0 Å². The van der Waals surface area contributed by atoms with Crippen molar-refractivity contribution in [3.63, 3.8) is 0 Å². The predicted molar refractivity (Wildman–Crippen MR) is 106 cm³/mol. The van der Waals surface area contributed by atoms with Gasteiger partial charge in [-0.2, -0.15) is 5.10 Å². The van der Waals surface area contributed by atoms with E-state index in [9.17, 15) is 0 Å². The molecule has 0 amide bonds. The third-order valence-electron chi connectivity index (χ3n) is 4.52. The molecule has 4 heterocycles. The third kappa shape index (κ3) is 4.52. The molecule has 1 aliphatic heterocycles. The molecule has 3 aromatic heterocycles. The van der Waals surface area contributed by atoms with Gasteiger partial charge in [0, 0.05) is 43.3 Å². The first-order valence-electron chi connectivity index (χ1n) is 9.21. The van der Waals surface area contributed by atoms with E-state index in [1.807, 2.05) is 41.4 Å². The molecule has 1 aliphatic rings. The van der Waals surface area contributed by atoms with Gasteiger partial charge >= 0.3 is 0 Å². The van der Waals surface area contributed by atoms with Crippen LogP contribution in [0.5, 0.6) is 0 Å². The summed E-state index contributed by atoms with van der Waals surface area (Å²) in [5.41, 5.74) is 3.19. The third-order valence-corrected chi connectivity index (χ3v) is 5.40. The number of nitrogens with one attached hydrogen (secondary N) is 1. The number of hydrogen-bond donors (Lipinski definition) is 1. The van der Waals surface area contributed by atoms with Gasteiger partial charge < -0.3 is 10.1 Å². The Morgan fingerprint density at radius 2 is 2.26 bits per heavy atom. The van der Waals surface area contributed by atoms with Crippen molar-refractivity contribution >= 4 is 22.3 Å². The Morgan fingerprint density at radius 1 is 1.33 bits per heavy atom. The second-order valence-corrected chi connectivity index (χ2v) is 7.52. The molecule has 0 spiro atoms. The van der Waals surface area contributed by atoms with Gasteiger partial charge in [0.1, 0.15) is 11.9 Å². The first-order chi connectivity index (χ1) is 13.2. The van der Waals surface area contributed by atoms with E-state index < -0.39 is 0 Å². The van der Waals surface area contributed by atoms with Gasteiger partial charge in [-0.3, -0.25) is 9.58 Å². The zero-order valence-corrected chi connectivity index (χ0v) is 16.4. The van der Waals surface area contributed by atoms with Crippen molar-refractivity contribution in [1.29, 1.82) is 0 Å². The van der Waals surface area contributed by atoms with E-state index in [2.05, 4.69) is 33.4 Å². The number of rotatable bonds is 6. The molecule has 27 heavy (non-hydrogen) atoms. The van der Waals surface area contributed by atoms with E-state index in [0.29, 0.717) is 6.61 Å². The Morgan fingerprint density at radius 3 is 3.04 bits per heavy atom. The molecular formula is C19H24N6OS. The number of aromatic nitrogens is 4. The molecule has 0 aromatic carbocycles. The predicted octanol–water partition coefficient (Wildman–Crippen LogP) is 3.38. The topological polar surface area (TPSA) is 68.1 Å². The fraction of sp³-hybridized carbons (Fsp3) is 0.421. The minimum atomic E-state index is -0.0280. The van der Waals surface area contributed by atoms with Crippen LogP contribution in [0.2, 0.25) is 0 Å². The maximum Gasteiger partial charge on any atom is 0.188 e. The fourth-order valence-electron chi connectivity index (χ4n) is 3.17. The van der Waals surface area contributed by atoms with Crippen molar-refractivity contribution in [2.24, 2.45) is 0 Å². The Hall–Kier alpha value is -2.29. The van der Waals surface area contributed by atoms with Crippen LogP contribution in [0, 0.1) is 6.92 Å². The SMILES string of the molecule is CCn1cc(CN2CCOC(c3cccc(Nc4nc(C)cs4)n3)C2)cn1. The summed E-state index contributed by atoms with van der Waals surface area (Å²) >= 11 is 1.58. The van der Waals surface area contributed by atoms with Crippen LogP contribution >= 0.6 is 11.3 Å². The minimum absolute atomic E-state index is 0.0280. The quantitative estimate of drug-likeness (QED) is 0.703. The first-order valence-corrected chi connectivity index (χ1v) is 10.1. The molecule has 142 valence electrons. The molecule has 0 aliphatic carbocycles. The van der Waals surface area contributed by atoms with E-state index in [4.69, 9.17) is 9.72 Å². The summed E-state index contributed by atoms with van der Waals surface area (Å²) < 4.78 is 7.96. The molecule has 0 saturated carbocycles. The number of pyridine rings is 1. The molecule has 1 atom stereocenters. The highest BCUT2D eigenvalue weighted by Gasteiger charge is 2.23. The highest BCUT2D eigenvalue weighted by atomic mass is 32.1. The largest absolute Gasteiger partial charge is 0.369 e. The van der Waals surface area contributed by atoms with Crippen molar-refractivity contribution < 1.29 is 4.74 Å². The highest BCUT2D eigenvalue weighted by molar-refractivity contribution is 7.13. The number of hydrogen-bond acceptors (Lipinski definition) is 7. The highest BCUT2D eigenvalue weighted by Crippen LogP contribution is 2.25. The van der Waals surface area contributed by atoms with Gasteiger partial charge in [0.25, 0.3) is 0 Å². The number of anilines is 2. The Kier molecular flexibility index (Phi) is 5.47. The summed E-state index contributed by atoms with van der Waals surface area (Å²) in [5, 5.41) is 10.5. The lowest BCUT2D eigenvalue weighted by Gasteiger charge is -2.32. The summed E-state index contributed by atoms with van der Waals surface area (Å²) in [6.45, 7) is 8.32. The molecule has 7 nitrogen and oxygen atoms in total. The average Bonchev–Trinajstić information content (AvgIpc) is 3.31. The second kappa shape index (κ2) is 8.16. The smallest absolute Gasteiger partial charge is 0.188 e. The standard InChI is InChI=1S/C19H24N6OS/c1-3-25-11-15(9-20-25)10-24-7-8-26-17(12-24)16-5-4-6-18(22-16)23-19-21-14(2)13-27-19/h4-6,9,11,13,17H,3,7-8,10,12H2,1-2H3,(H,21,22,23). The Bertz CT molecular complexity index is 892. The van der Waals surface area contributed by atoms with Crippen molar-refractivity contribution in [2.75, 3.05) is 25.0 Å². The number of thiazole rings is 1. The average molecular weight is 385 g/mol. The summed E-state index contributed by atoms with van der Waals surface area (Å²) in [4.78, 5) is 11.6. The summed E-state index contributed by atoms with van der Waals surface area (Å²) in [6, 6.07) is 6.00. The molecule has 1 unspecified atom stereocenters. The normalized spacial score (nSPS) is 17.9. The molecule has 1 N–H and O–H groups in total. The molecular weight excluding hydrogens is 360 g/mol. The number of aryl methyl sites for hydroxylation is 2. The van der Waals surface area contributed by atoms with Crippen LogP contribution in [0.25, 0.3) is 0 Å². The second-order valence-electron chi connectivity index (χ2n) is 6.67. The lowest BCUT2D eigenvalue weighted by Crippen LogP contribution is -2.38. The zero-order chi connectivity index (χ0) is 18.6. The van der Waals surface area contributed by atoms with Crippen molar-refractivity contribution in [3.05, 3.63) is 52.9 Å². The maximum absolute atomic E-state index is 6.00. The van der Waals surface area contributed by atoms with Crippen molar-refractivity contribution in [3.8, 4) is 0 Å². The lowest BCUT2D eigenvalue weighted by molar-refractivity contribution is -0.0349. The van der Waals surface area contributed by atoms with Crippen LogP contribution in [-0.4, -0.2) is 44.3 Å². The van der Waals surface area contributed by atoms with Crippen LogP contribution < -0.4 is 5.32 Å². The molecule has 3 aromatic rings. The fourth-order valence-corrected chi connectivity index (χ4v) is 3.86. The van der Waals surface area contributed by atoms with Crippen LogP contribution in [0.4, 0.5) is 10.9 Å². The van der Waals surface area contributed by atoms with Crippen molar-refractivity contribution in [1.82, 2.24) is 24.6 Å². The lowest BCUT2D eigenvalue weighted by atomic mass is 10.1. The van der Waals surface area contributed by atoms with Gasteiger partial charge in [-0.05, 0) is 26.0 Å².